The average molecular weight is 439 g/mol. The van der Waals surface area contributed by atoms with Crippen LogP contribution in [0.5, 0.6) is 0 Å². The number of hydrogen-bond donors (Lipinski definition) is 2. The first-order chi connectivity index (χ1) is 14.8. The summed E-state index contributed by atoms with van der Waals surface area (Å²) in [4.78, 5) is 15.7. The van der Waals surface area contributed by atoms with Crippen molar-refractivity contribution < 1.29 is 13.6 Å². The third kappa shape index (κ3) is 4.19. The van der Waals surface area contributed by atoms with Crippen LogP contribution in [0.3, 0.4) is 0 Å². The van der Waals surface area contributed by atoms with E-state index in [4.69, 9.17) is 11.6 Å². The predicted molar refractivity (Wildman–Crippen MR) is 121 cm³/mol. The Bertz CT molecular complexity index is 1280. The number of carbonyl (C=O) groups is 1. The van der Waals surface area contributed by atoms with Crippen molar-refractivity contribution >= 4 is 28.4 Å². The second kappa shape index (κ2) is 8.52. The van der Waals surface area contributed by atoms with Gasteiger partial charge in [0, 0.05) is 23.2 Å². The van der Waals surface area contributed by atoms with E-state index in [1.54, 1.807) is 42.5 Å². The van der Waals surface area contributed by atoms with Crippen LogP contribution in [0, 0.1) is 25.5 Å². The SMILES string of the molecule is Cc1[nH]c2c(F)ccc(C)c2c1CCNC(=O)c1ccc(-c2ccc(F)c(Cl)c2)cc1. The molecule has 0 saturated heterocycles. The third-order valence-corrected chi connectivity index (χ3v) is 5.78. The molecule has 0 aliphatic heterocycles. The Labute approximate surface area is 184 Å². The maximum Gasteiger partial charge on any atom is 0.251 e. The fourth-order valence-electron chi connectivity index (χ4n) is 3.85. The third-order valence-electron chi connectivity index (χ3n) is 5.49. The topological polar surface area (TPSA) is 44.9 Å². The van der Waals surface area contributed by atoms with E-state index in [0.717, 1.165) is 33.3 Å². The van der Waals surface area contributed by atoms with Crippen LogP contribution in [-0.2, 0) is 6.42 Å². The predicted octanol–water partition coefficient (Wildman–Crippen LogP) is 6.36. The number of aryl methyl sites for hydroxylation is 2. The summed E-state index contributed by atoms with van der Waals surface area (Å²) in [7, 11) is 0. The molecule has 3 aromatic carbocycles. The van der Waals surface area contributed by atoms with Crippen LogP contribution < -0.4 is 5.32 Å². The molecule has 1 amide bonds. The summed E-state index contributed by atoms with van der Waals surface area (Å²) in [5.74, 6) is -0.935. The fraction of sp³-hybridized carbons (Fsp3) is 0.160. The van der Waals surface area contributed by atoms with Gasteiger partial charge in [0.25, 0.3) is 5.91 Å². The normalized spacial score (nSPS) is 11.1. The van der Waals surface area contributed by atoms with Crippen LogP contribution in [0.15, 0.2) is 54.6 Å². The zero-order valence-corrected chi connectivity index (χ0v) is 17.9. The van der Waals surface area contributed by atoms with Crippen molar-refractivity contribution in [1.82, 2.24) is 10.3 Å². The summed E-state index contributed by atoms with van der Waals surface area (Å²) in [5.41, 5.74) is 5.56. The van der Waals surface area contributed by atoms with Gasteiger partial charge >= 0.3 is 0 Å². The Hall–Kier alpha value is -3.18. The van der Waals surface area contributed by atoms with Gasteiger partial charge in [-0.05, 0) is 72.9 Å². The van der Waals surface area contributed by atoms with Gasteiger partial charge in [-0.1, -0.05) is 35.9 Å². The molecule has 2 N–H and O–H groups in total. The highest BCUT2D eigenvalue weighted by Crippen LogP contribution is 2.28. The molecule has 0 radical (unpaired) electrons. The number of aromatic nitrogens is 1. The quantitative estimate of drug-likeness (QED) is 0.374. The first-order valence-corrected chi connectivity index (χ1v) is 10.3. The highest BCUT2D eigenvalue weighted by atomic mass is 35.5. The van der Waals surface area contributed by atoms with Gasteiger partial charge in [-0.25, -0.2) is 8.78 Å². The molecule has 0 spiro atoms. The molecule has 0 aliphatic rings. The number of fused-ring (bicyclic) bond motifs is 1. The number of nitrogens with one attached hydrogen (secondary N) is 2. The van der Waals surface area contributed by atoms with Gasteiger partial charge in [-0.2, -0.15) is 0 Å². The standard InChI is InChI=1S/C25H21ClF2N2O/c1-14-3-9-22(28)24-23(14)19(15(2)30-24)11-12-29-25(31)17-6-4-16(5-7-17)18-8-10-21(27)20(26)13-18/h3-10,13,30H,11-12H2,1-2H3,(H,29,31). The van der Waals surface area contributed by atoms with Crippen LogP contribution >= 0.6 is 11.6 Å². The van der Waals surface area contributed by atoms with Gasteiger partial charge < -0.3 is 10.3 Å². The first-order valence-electron chi connectivity index (χ1n) is 9.95. The lowest BCUT2D eigenvalue weighted by Gasteiger charge is -2.08. The summed E-state index contributed by atoms with van der Waals surface area (Å²) in [6.07, 6.45) is 0.591. The number of benzene rings is 3. The first kappa shape index (κ1) is 21.1. The Morgan fingerprint density at radius 3 is 2.35 bits per heavy atom. The van der Waals surface area contributed by atoms with Crippen LogP contribution in [0.2, 0.25) is 5.02 Å². The van der Waals surface area contributed by atoms with E-state index in [1.165, 1.54) is 12.1 Å². The lowest BCUT2D eigenvalue weighted by molar-refractivity contribution is 0.0954. The lowest BCUT2D eigenvalue weighted by Crippen LogP contribution is -2.25. The van der Waals surface area contributed by atoms with Gasteiger partial charge in [0.05, 0.1) is 10.5 Å². The number of hydrogen-bond acceptors (Lipinski definition) is 1. The number of rotatable bonds is 5. The van der Waals surface area contributed by atoms with Crippen molar-refractivity contribution in [2.45, 2.75) is 20.3 Å². The van der Waals surface area contributed by atoms with Crippen molar-refractivity contribution in [3.63, 3.8) is 0 Å². The van der Waals surface area contributed by atoms with Gasteiger partial charge in [0.1, 0.15) is 11.6 Å². The number of amides is 1. The highest BCUT2D eigenvalue weighted by Gasteiger charge is 2.14. The molecule has 0 unspecified atom stereocenters. The van der Waals surface area contributed by atoms with Crippen molar-refractivity contribution in [3.05, 3.63) is 93.6 Å². The minimum absolute atomic E-state index is 0.0574. The summed E-state index contributed by atoms with van der Waals surface area (Å²) in [5, 5.41) is 3.86. The van der Waals surface area contributed by atoms with E-state index >= 15 is 0 Å². The molecule has 4 aromatic rings. The molecule has 1 heterocycles. The van der Waals surface area contributed by atoms with Crippen molar-refractivity contribution in [2.24, 2.45) is 0 Å². The van der Waals surface area contributed by atoms with E-state index in [2.05, 4.69) is 10.3 Å². The number of aromatic amines is 1. The Morgan fingerprint density at radius 2 is 1.65 bits per heavy atom. The van der Waals surface area contributed by atoms with Crippen molar-refractivity contribution in [3.8, 4) is 11.1 Å². The molecule has 1 aromatic heterocycles. The smallest absolute Gasteiger partial charge is 0.251 e. The minimum Gasteiger partial charge on any atom is -0.356 e. The maximum atomic E-state index is 14.1. The molecule has 6 heteroatoms. The second-order valence-electron chi connectivity index (χ2n) is 7.55. The molecule has 0 atom stereocenters. The molecule has 0 saturated carbocycles. The molecule has 158 valence electrons. The number of carbonyl (C=O) groups excluding carboxylic acids is 1. The number of halogens is 3. The summed E-state index contributed by atoms with van der Waals surface area (Å²) >= 11 is 5.85. The fourth-order valence-corrected chi connectivity index (χ4v) is 4.03. The summed E-state index contributed by atoms with van der Waals surface area (Å²) < 4.78 is 27.5. The van der Waals surface area contributed by atoms with E-state index in [0.29, 0.717) is 24.0 Å². The molecule has 3 nitrogen and oxygen atoms in total. The van der Waals surface area contributed by atoms with Crippen LogP contribution in [-0.4, -0.2) is 17.4 Å². The summed E-state index contributed by atoms with van der Waals surface area (Å²) in [6.45, 7) is 4.29. The molecule has 0 aliphatic carbocycles. The molecule has 31 heavy (non-hydrogen) atoms. The van der Waals surface area contributed by atoms with Gasteiger partial charge in [-0.3, -0.25) is 4.79 Å². The molecular formula is C25H21ClF2N2O. The van der Waals surface area contributed by atoms with Crippen molar-refractivity contribution in [1.29, 1.82) is 0 Å². The molecule has 0 fully saturated rings. The van der Waals surface area contributed by atoms with Gasteiger partial charge in [-0.15, -0.1) is 0 Å². The zero-order valence-electron chi connectivity index (χ0n) is 17.2. The van der Waals surface area contributed by atoms with Gasteiger partial charge in [0.15, 0.2) is 0 Å². The highest BCUT2D eigenvalue weighted by molar-refractivity contribution is 6.31. The zero-order chi connectivity index (χ0) is 22.1. The minimum atomic E-state index is -0.468. The second-order valence-corrected chi connectivity index (χ2v) is 7.96. The van der Waals surface area contributed by atoms with E-state index < -0.39 is 5.82 Å². The lowest BCUT2D eigenvalue weighted by atomic mass is 10.0. The Morgan fingerprint density at radius 1 is 0.968 bits per heavy atom. The largest absolute Gasteiger partial charge is 0.356 e. The molecule has 4 rings (SSSR count). The molecule has 0 bridgehead atoms. The van der Waals surface area contributed by atoms with E-state index in [1.807, 2.05) is 13.8 Å². The summed E-state index contributed by atoms with van der Waals surface area (Å²) in [6, 6.07) is 14.8. The average Bonchev–Trinajstić information content (AvgIpc) is 3.10. The Kier molecular flexibility index (Phi) is 5.79. The van der Waals surface area contributed by atoms with Crippen LogP contribution in [0.4, 0.5) is 8.78 Å². The van der Waals surface area contributed by atoms with E-state index in [-0.39, 0.29) is 16.7 Å². The van der Waals surface area contributed by atoms with Crippen LogP contribution in [0.25, 0.3) is 22.0 Å². The Balaban J connectivity index is 1.44. The monoisotopic (exact) mass is 438 g/mol. The van der Waals surface area contributed by atoms with E-state index in [9.17, 15) is 13.6 Å². The number of H-pyrrole nitrogens is 1. The molecular weight excluding hydrogens is 418 g/mol. The van der Waals surface area contributed by atoms with Crippen LogP contribution in [0.1, 0.15) is 27.2 Å². The maximum absolute atomic E-state index is 14.1. The van der Waals surface area contributed by atoms with Crippen molar-refractivity contribution in [2.75, 3.05) is 6.54 Å². The van der Waals surface area contributed by atoms with Gasteiger partial charge in [0.2, 0.25) is 0 Å².